The van der Waals surface area contributed by atoms with E-state index in [2.05, 4.69) is 253 Å². The molecule has 0 aliphatic heterocycles. The summed E-state index contributed by atoms with van der Waals surface area (Å²) in [6, 6.07) is 75.7. The summed E-state index contributed by atoms with van der Waals surface area (Å²) in [7, 11) is 0. The number of imidazole rings is 1. The van der Waals surface area contributed by atoms with E-state index < -0.39 is 13.7 Å². The minimum atomic E-state index is -2.61. The molecule has 0 N–H and O–H groups in total. The van der Waals surface area contributed by atoms with Gasteiger partial charge in [0.05, 0.1) is 16.6 Å². The first kappa shape index (κ1) is 48.1. The summed E-state index contributed by atoms with van der Waals surface area (Å²) < 4.78 is 70.4. The number of pyridine rings is 1. The van der Waals surface area contributed by atoms with Crippen LogP contribution in [0.5, 0.6) is 11.5 Å². The van der Waals surface area contributed by atoms with E-state index in [4.69, 9.17) is 17.9 Å². The van der Waals surface area contributed by atoms with Gasteiger partial charge in [-0.2, -0.15) is 0 Å². The number of fused-ring (bicyclic) bond motifs is 10. The topological polar surface area (TPSA) is 41.3 Å². The van der Waals surface area contributed by atoms with Gasteiger partial charge in [0.2, 0.25) is 0 Å². The summed E-state index contributed by atoms with van der Waals surface area (Å²) in [5.74, 6) is 0.605. The molecule has 0 amide bonds. The molecule has 0 bridgehead atoms. The first-order valence-electron chi connectivity index (χ1n) is 32.7. The van der Waals surface area contributed by atoms with Gasteiger partial charge in [-0.3, -0.25) is 0 Å². The summed E-state index contributed by atoms with van der Waals surface area (Å²) >= 11 is 2.41. The predicted octanol–water partition coefficient (Wildman–Crippen LogP) is 21.0. The third kappa shape index (κ3) is 8.92. The molecule has 0 aliphatic carbocycles. The molecule has 5 aromatic heterocycles. The van der Waals surface area contributed by atoms with E-state index in [-0.39, 0.29) is 38.9 Å². The Labute approximate surface area is 527 Å². The van der Waals surface area contributed by atoms with E-state index >= 15 is 0 Å². The number of hydrogen-bond donors (Lipinski definition) is 0. The van der Waals surface area contributed by atoms with Crippen molar-refractivity contribution in [1.82, 2.24) is 23.1 Å². The third-order valence-electron chi connectivity index (χ3n) is 17.5. The van der Waals surface area contributed by atoms with Crippen molar-refractivity contribution in [2.24, 2.45) is 0 Å². The average Bonchev–Trinajstić information content (AvgIpc) is 1.54. The summed E-state index contributed by atoms with van der Waals surface area (Å²) in [6.45, 7) is 14.9. The van der Waals surface area contributed by atoms with Crippen LogP contribution in [0.4, 0.5) is 0 Å². The molecule has 87 heavy (non-hydrogen) atoms. The molecule has 0 radical (unpaired) electrons. The number of rotatable bonds is 8. The molecule has 0 spiro atoms. The molecular formula is C80H67N5OPt-2. The zero-order valence-electron chi connectivity index (χ0n) is 56.1. The first-order chi connectivity index (χ1) is 44.2. The fraction of sp³-hybridized carbons (Fsp3) is 0.175. The van der Waals surface area contributed by atoms with E-state index in [0.717, 1.165) is 108 Å². The van der Waals surface area contributed by atoms with Crippen LogP contribution in [0.3, 0.4) is 0 Å². The molecule has 10 aromatic carbocycles. The summed E-state index contributed by atoms with van der Waals surface area (Å²) in [6.07, 6.45) is 1.67. The smallest absolute Gasteiger partial charge is 0.0579 e. The zero-order valence-corrected chi connectivity index (χ0v) is 52.4. The molecule has 0 unspecified atom stereocenters. The van der Waals surface area contributed by atoms with E-state index in [1.54, 1.807) is 24.4 Å². The number of nitrogens with zero attached hydrogens (tertiary/aromatic N) is 5. The second kappa shape index (κ2) is 20.0. The van der Waals surface area contributed by atoms with Crippen molar-refractivity contribution in [2.45, 2.75) is 92.3 Å². The molecule has 15 aromatic rings. The van der Waals surface area contributed by atoms with Gasteiger partial charge in [0.25, 0.3) is 0 Å². The second-order valence-electron chi connectivity index (χ2n) is 26.2. The van der Waals surface area contributed by atoms with Crippen LogP contribution < -0.4 is 4.74 Å². The maximum absolute atomic E-state index is 9.02. The summed E-state index contributed by atoms with van der Waals surface area (Å²) in [4.78, 5) is 5.15. The standard InChI is InChI=1S/C80H67N5O.Pt/c1-49-31-36-57(82-48-83(70-30-18-17-29-69(70)82)76-59(51-21-13-12-14-22-51)24-19-25-60(76)53-40-55(79(6,7)8)42-56(41-53)80(9,10)11)43-74(49)86-58-37-38-62-65-45-66-64-27-20-26-63-61-23-15-16-28-68(61)85(77(63)64)73(66)46-72(65)84(71(62)44-58)75-39-50(2)67(47-81-75)52-32-34-54(35-33-52)78(3,4)5;/h12-42,45-47H,1-11H3;/q-2;/i1D3,2D3;. The molecule has 0 fully saturated rings. The molecule has 15 rings (SSSR count). The molecule has 5 heterocycles. The van der Waals surface area contributed by atoms with Crippen LogP contribution in [-0.2, 0) is 35.6 Å². The van der Waals surface area contributed by atoms with Gasteiger partial charge in [0, 0.05) is 37.4 Å². The van der Waals surface area contributed by atoms with Crippen LogP contribution in [0.2, 0.25) is 0 Å². The first-order valence-corrected chi connectivity index (χ1v) is 30.8. The number of aryl methyl sites for hydroxylation is 2. The Kier molecular flexibility index (Phi) is 11.0. The Morgan fingerprint density at radius 3 is 1.75 bits per heavy atom. The SMILES string of the molecule is [2H]C([2H])([2H])c1ccc(-n2[c](=[Pt])n(-c3c(-c4ccccc4)cccc3-c3cc(C(C)(C)C)cc(C(C)(C)C)c3)c3ccccc32)[c-]c1Oc1[c-]c2c(cc1)c1cc3c4cccc5c6ccccc6n(c3cc1n2-c1cc(C([2H])([2H])[2H])c(-c2ccc(C(C)(C)C)cc2)cn1)c54. The van der Waals surface area contributed by atoms with Gasteiger partial charge in [-0.15, -0.1) is 0 Å². The van der Waals surface area contributed by atoms with Crippen molar-refractivity contribution in [3.63, 3.8) is 0 Å². The summed E-state index contributed by atoms with van der Waals surface area (Å²) in [5.41, 5.74) is 16.8. The average molecular weight is 1320 g/mol. The monoisotopic (exact) mass is 1310 g/mol. The number of para-hydroxylation sites is 5. The number of hydrogen-bond acceptors (Lipinski definition) is 2. The van der Waals surface area contributed by atoms with Gasteiger partial charge in [0.15, 0.2) is 0 Å². The fourth-order valence-corrected chi connectivity index (χ4v) is 14.0. The van der Waals surface area contributed by atoms with Crippen molar-refractivity contribution in [2.75, 3.05) is 0 Å². The van der Waals surface area contributed by atoms with Crippen molar-refractivity contribution in [1.29, 1.82) is 0 Å². The van der Waals surface area contributed by atoms with Crippen molar-refractivity contribution >= 4 is 70.9 Å². The number of benzene rings is 10. The second-order valence-corrected chi connectivity index (χ2v) is 27.2. The van der Waals surface area contributed by atoms with Crippen LogP contribution in [0.1, 0.15) is 98.4 Å². The Morgan fingerprint density at radius 2 is 1.05 bits per heavy atom. The van der Waals surface area contributed by atoms with Crippen molar-refractivity contribution < 1.29 is 32.3 Å². The predicted molar refractivity (Wildman–Crippen MR) is 359 cm³/mol. The van der Waals surface area contributed by atoms with Crippen molar-refractivity contribution in [3.8, 4) is 62.1 Å². The van der Waals surface area contributed by atoms with Gasteiger partial charge in [-0.1, -0.05) is 81.4 Å². The Bertz CT molecular complexity index is 5560. The maximum atomic E-state index is 9.02. The van der Waals surface area contributed by atoms with E-state index in [1.807, 2.05) is 41.0 Å². The Morgan fingerprint density at radius 1 is 0.437 bits per heavy atom. The van der Waals surface area contributed by atoms with Crippen LogP contribution in [0.25, 0.3) is 122 Å². The van der Waals surface area contributed by atoms with E-state index in [1.165, 1.54) is 11.1 Å². The molecule has 0 saturated carbocycles. The minimum absolute atomic E-state index is 0.00831. The summed E-state index contributed by atoms with van der Waals surface area (Å²) in [5, 5.41) is 6.19. The van der Waals surface area contributed by atoms with Crippen LogP contribution >= 0.6 is 0 Å². The Hall–Kier alpha value is -9.09. The fourth-order valence-electron chi connectivity index (χ4n) is 12.9. The van der Waals surface area contributed by atoms with Gasteiger partial charge >= 0.3 is 356 Å². The molecule has 7 heteroatoms. The van der Waals surface area contributed by atoms with Crippen molar-refractivity contribution in [3.05, 3.63) is 250 Å². The van der Waals surface area contributed by atoms with Gasteiger partial charge in [-0.05, 0) is 35.0 Å². The number of ether oxygens (including phenoxy) is 1. The van der Waals surface area contributed by atoms with E-state index in [0.29, 0.717) is 22.6 Å². The van der Waals surface area contributed by atoms with Gasteiger partial charge in [-0.25, -0.2) is 0 Å². The molecular weight excluding hydrogens is 1240 g/mol. The molecule has 0 saturated heterocycles. The van der Waals surface area contributed by atoms with Gasteiger partial charge < -0.3 is 4.40 Å². The molecule has 0 atom stereocenters. The molecule has 0 aliphatic rings. The van der Waals surface area contributed by atoms with Crippen LogP contribution in [0.15, 0.2) is 206 Å². The van der Waals surface area contributed by atoms with E-state index in [9.17, 15) is 0 Å². The Balaban J connectivity index is 0.934. The minimum Gasteiger partial charge on any atom is -0.0579 e. The quantitative estimate of drug-likeness (QED) is 0.142. The molecule has 430 valence electrons. The molecule has 6 nitrogen and oxygen atoms in total. The normalized spacial score (nSPS) is 13.9. The van der Waals surface area contributed by atoms with Gasteiger partial charge in [0.1, 0.15) is 0 Å². The zero-order chi connectivity index (χ0) is 65.0. The third-order valence-corrected chi connectivity index (χ3v) is 18.6. The van der Waals surface area contributed by atoms with Crippen LogP contribution in [-0.4, -0.2) is 23.1 Å². The van der Waals surface area contributed by atoms with Crippen LogP contribution in [0, 0.1) is 29.6 Å². The number of aromatic nitrogens is 5.